The van der Waals surface area contributed by atoms with E-state index in [1.807, 2.05) is 48.5 Å². The minimum atomic E-state index is 0.722. The monoisotopic (exact) mass is 392 g/mol. The number of rotatable bonds is 5. The number of aromatic nitrogens is 4. The number of aryl methyl sites for hydroxylation is 1. The smallest absolute Gasteiger partial charge is 0.196 e. The Morgan fingerprint density at radius 3 is 2.44 bits per heavy atom. The van der Waals surface area contributed by atoms with E-state index >= 15 is 0 Å². The maximum absolute atomic E-state index is 6.31. The van der Waals surface area contributed by atoms with Crippen LogP contribution in [0.4, 0.5) is 0 Å². The molecule has 6 heteroatoms. The lowest BCUT2D eigenvalue weighted by atomic mass is 10.2. The van der Waals surface area contributed by atoms with Crippen molar-refractivity contribution in [1.29, 1.82) is 0 Å². The van der Waals surface area contributed by atoms with Gasteiger partial charge in [-0.2, -0.15) is 0 Å². The van der Waals surface area contributed by atoms with E-state index in [9.17, 15) is 0 Å². The lowest BCUT2D eigenvalue weighted by Crippen LogP contribution is -2.02. The van der Waals surface area contributed by atoms with E-state index in [1.54, 1.807) is 24.2 Å². The van der Waals surface area contributed by atoms with Gasteiger partial charge in [-0.25, -0.2) is 0 Å². The topological polar surface area (TPSA) is 43.6 Å². The van der Waals surface area contributed by atoms with Crippen molar-refractivity contribution in [2.24, 2.45) is 0 Å². The highest BCUT2D eigenvalue weighted by molar-refractivity contribution is 7.98. The van der Waals surface area contributed by atoms with Gasteiger partial charge in [0, 0.05) is 28.7 Å². The van der Waals surface area contributed by atoms with E-state index in [2.05, 4.69) is 38.8 Å². The molecule has 4 aromatic rings. The molecule has 27 heavy (non-hydrogen) atoms. The zero-order valence-electron chi connectivity index (χ0n) is 14.7. The quantitative estimate of drug-likeness (QED) is 0.415. The average Bonchev–Trinajstić information content (AvgIpc) is 3.12. The van der Waals surface area contributed by atoms with Crippen molar-refractivity contribution in [3.63, 3.8) is 0 Å². The molecule has 0 amide bonds. The molecule has 2 heterocycles. The highest BCUT2D eigenvalue weighted by Crippen LogP contribution is 2.32. The van der Waals surface area contributed by atoms with Gasteiger partial charge in [0.2, 0.25) is 0 Å². The van der Waals surface area contributed by atoms with E-state index in [4.69, 9.17) is 11.6 Å². The second-order valence-electron chi connectivity index (χ2n) is 6.04. The van der Waals surface area contributed by atoms with Gasteiger partial charge in [-0.3, -0.25) is 9.55 Å². The van der Waals surface area contributed by atoms with Gasteiger partial charge in [-0.15, -0.1) is 10.2 Å². The molecule has 4 nitrogen and oxygen atoms in total. The van der Waals surface area contributed by atoms with Gasteiger partial charge >= 0.3 is 0 Å². The SMILES string of the molecule is Cc1ccccc1-n1c(SCc2ccccc2Cl)nnc1-c1ccncc1. The summed E-state index contributed by atoms with van der Waals surface area (Å²) in [6.07, 6.45) is 3.53. The number of hydrogen-bond donors (Lipinski definition) is 0. The number of para-hydroxylation sites is 1. The van der Waals surface area contributed by atoms with E-state index in [1.165, 1.54) is 0 Å². The predicted molar refractivity (Wildman–Crippen MR) is 110 cm³/mol. The first-order valence-corrected chi connectivity index (χ1v) is 9.88. The van der Waals surface area contributed by atoms with Crippen molar-refractivity contribution in [2.75, 3.05) is 0 Å². The Kier molecular flexibility index (Phi) is 5.23. The van der Waals surface area contributed by atoms with Crippen LogP contribution >= 0.6 is 23.4 Å². The van der Waals surface area contributed by atoms with Crippen molar-refractivity contribution in [2.45, 2.75) is 17.8 Å². The summed E-state index contributed by atoms with van der Waals surface area (Å²) in [5, 5.41) is 10.5. The van der Waals surface area contributed by atoms with Crippen LogP contribution in [0.5, 0.6) is 0 Å². The fourth-order valence-corrected chi connectivity index (χ4v) is 4.07. The lowest BCUT2D eigenvalue weighted by Gasteiger charge is -2.13. The average molecular weight is 393 g/mol. The molecule has 0 aliphatic rings. The molecular formula is C21H17ClN4S. The van der Waals surface area contributed by atoms with Crippen LogP contribution in [0, 0.1) is 6.92 Å². The van der Waals surface area contributed by atoms with Gasteiger partial charge < -0.3 is 0 Å². The zero-order valence-corrected chi connectivity index (χ0v) is 16.3. The highest BCUT2D eigenvalue weighted by Gasteiger charge is 2.17. The van der Waals surface area contributed by atoms with E-state index in [0.717, 1.165) is 44.1 Å². The van der Waals surface area contributed by atoms with Gasteiger partial charge in [0.05, 0.1) is 5.69 Å². The molecule has 0 unspecified atom stereocenters. The molecule has 0 fully saturated rings. The van der Waals surface area contributed by atoms with Gasteiger partial charge in [-0.05, 0) is 42.3 Å². The molecule has 0 radical (unpaired) electrons. The summed E-state index contributed by atoms with van der Waals surface area (Å²) in [4.78, 5) is 4.11. The Morgan fingerprint density at radius 1 is 0.926 bits per heavy atom. The van der Waals surface area contributed by atoms with Gasteiger partial charge in [-0.1, -0.05) is 59.8 Å². The standard InChI is InChI=1S/C21H17ClN4S/c1-15-6-2-5-9-19(15)26-20(16-10-12-23-13-11-16)24-25-21(26)27-14-17-7-3-4-8-18(17)22/h2-13H,14H2,1H3. The molecule has 0 N–H and O–H groups in total. The van der Waals surface area contributed by atoms with Crippen molar-refractivity contribution in [3.8, 4) is 17.1 Å². The minimum absolute atomic E-state index is 0.722. The molecule has 4 rings (SSSR count). The minimum Gasteiger partial charge on any atom is -0.270 e. The summed E-state index contributed by atoms with van der Waals surface area (Å²) in [5.74, 6) is 1.52. The Balaban J connectivity index is 1.77. The van der Waals surface area contributed by atoms with Crippen LogP contribution in [0.1, 0.15) is 11.1 Å². The Hall–Kier alpha value is -2.63. The second-order valence-corrected chi connectivity index (χ2v) is 7.39. The fraction of sp³-hybridized carbons (Fsp3) is 0.0952. The fourth-order valence-electron chi connectivity index (χ4n) is 2.84. The normalized spacial score (nSPS) is 10.9. The molecule has 0 saturated carbocycles. The summed E-state index contributed by atoms with van der Waals surface area (Å²) in [6.45, 7) is 2.09. The first-order valence-electron chi connectivity index (χ1n) is 8.52. The summed E-state index contributed by atoms with van der Waals surface area (Å²) in [5.41, 5.74) is 4.28. The molecule has 2 aromatic heterocycles. The van der Waals surface area contributed by atoms with Crippen molar-refractivity contribution >= 4 is 23.4 Å². The predicted octanol–water partition coefficient (Wildman–Crippen LogP) is 5.58. The molecular weight excluding hydrogens is 376 g/mol. The molecule has 2 aromatic carbocycles. The second kappa shape index (κ2) is 7.94. The third kappa shape index (κ3) is 3.75. The number of pyridine rings is 1. The van der Waals surface area contributed by atoms with Crippen LogP contribution in [0.25, 0.3) is 17.1 Å². The number of thioether (sulfide) groups is 1. The van der Waals surface area contributed by atoms with Crippen molar-refractivity contribution in [1.82, 2.24) is 19.7 Å². The van der Waals surface area contributed by atoms with Crippen LogP contribution in [-0.2, 0) is 5.75 Å². The van der Waals surface area contributed by atoms with Crippen molar-refractivity contribution in [3.05, 3.63) is 89.2 Å². The molecule has 0 spiro atoms. The summed E-state index contributed by atoms with van der Waals surface area (Å²) in [7, 11) is 0. The third-order valence-electron chi connectivity index (χ3n) is 4.24. The largest absolute Gasteiger partial charge is 0.270 e. The van der Waals surface area contributed by atoms with Gasteiger partial charge in [0.15, 0.2) is 11.0 Å². The van der Waals surface area contributed by atoms with Crippen LogP contribution in [0.3, 0.4) is 0 Å². The van der Waals surface area contributed by atoms with Crippen LogP contribution in [0.15, 0.2) is 78.2 Å². The molecule has 0 saturated heterocycles. The Morgan fingerprint density at radius 2 is 1.67 bits per heavy atom. The maximum atomic E-state index is 6.31. The lowest BCUT2D eigenvalue weighted by molar-refractivity contribution is 0.880. The Bertz CT molecular complexity index is 1060. The first kappa shape index (κ1) is 17.8. The van der Waals surface area contributed by atoms with Gasteiger partial charge in [0.1, 0.15) is 0 Å². The first-order chi connectivity index (χ1) is 13.2. The van der Waals surface area contributed by atoms with Crippen LogP contribution in [0.2, 0.25) is 5.02 Å². The van der Waals surface area contributed by atoms with Crippen LogP contribution < -0.4 is 0 Å². The number of hydrogen-bond acceptors (Lipinski definition) is 4. The summed E-state index contributed by atoms with van der Waals surface area (Å²) in [6, 6.07) is 20.0. The molecule has 0 aliphatic carbocycles. The van der Waals surface area contributed by atoms with E-state index < -0.39 is 0 Å². The van der Waals surface area contributed by atoms with Crippen molar-refractivity contribution < 1.29 is 0 Å². The van der Waals surface area contributed by atoms with Crippen LogP contribution in [-0.4, -0.2) is 19.7 Å². The molecule has 134 valence electrons. The number of halogens is 1. The molecule has 0 bridgehead atoms. The summed E-state index contributed by atoms with van der Waals surface area (Å²) < 4.78 is 2.10. The summed E-state index contributed by atoms with van der Waals surface area (Å²) >= 11 is 7.93. The molecule has 0 aliphatic heterocycles. The van der Waals surface area contributed by atoms with E-state index in [-0.39, 0.29) is 0 Å². The third-order valence-corrected chi connectivity index (χ3v) is 5.59. The highest BCUT2D eigenvalue weighted by atomic mass is 35.5. The van der Waals surface area contributed by atoms with E-state index in [0.29, 0.717) is 0 Å². The number of benzene rings is 2. The van der Waals surface area contributed by atoms with Gasteiger partial charge in [0.25, 0.3) is 0 Å². The molecule has 0 atom stereocenters. The number of nitrogens with zero attached hydrogens (tertiary/aromatic N) is 4. The zero-order chi connectivity index (χ0) is 18.6. The maximum Gasteiger partial charge on any atom is 0.196 e. The Labute approximate surface area is 167 Å².